The second-order valence-electron chi connectivity index (χ2n) is 5.97. The van der Waals surface area contributed by atoms with Gasteiger partial charge in [0.1, 0.15) is 5.82 Å². The minimum absolute atomic E-state index is 0.173. The highest BCUT2D eigenvalue weighted by Crippen LogP contribution is 2.17. The summed E-state index contributed by atoms with van der Waals surface area (Å²) in [4.78, 5) is 17.9. The normalized spacial score (nSPS) is 11.0. The molecule has 0 bridgehead atoms. The molecule has 0 aliphatic heterocycles. The maximum absolute atomic E-state index is 13.5. The lowest BCUT2D eigenvalue weighted by molar-refractivity contribution is -0.133. The number of amides is 1. The quantitative estimate of drug-likeness (QED) is 0.730. The number of rotatable bonds is 8. The van der Waals surface area contributed by atoms with Gasteiger partial charge < -0.3 is 14.2 Å². The van der Waals surface area contributed by atoms with Crippen LogP contribution >= 0.6 is 0 Å². The molecular formula is C17H21F2N3O3. The van der Waals surface area contributed by atoms with Crippen molar-refractivity contribution >= 4 is 5.91 Å². The average Bonchev–Trinajstić information content (AvgIpc) is 2.97. The van der Waals surface area contributed by atoms with E-state index in [0.29, 0.717) is 36.7 Å². The highest BCUT2D eigenvalue weighted by atomic mass is 19.1. The first-order valence-corrected chi connectivity index (χ1v) is 8.06. The number of hydrogen-bond donors (Lipinski definition) is 0. The summed E-state index contributed by atoms with van der Waals surface area (Å²) in [7, 11) is 0. The lowest BCUT2D eigenvalue weighted by Gasteiger charge is -2.19. The number of carbonyl (C=O) groups is 1. The van der Waals surface area contributed by atoms with E-state index in [1.807, 2.05) is 13.8 Å². The third kappa shape index (κ3) is 5.51. The van der Waals surface area contributed by atoms with E-state index in [1.54, 1.807) is 6.92 Å². The first kappa shape index (κ1) is 18.8. The molecule has 136 valence electrons. The monoisotopic (exact) mass is 353 g/mol. The van der Waals surface area contributed by atoms with Crippen molar-refractivity contribution in [2.24, 2.45) is 5.92 Å². The fourth-order valence-electron chi connectivity index (χ4n) is 2.16. The number of likely N-dealkylation sites (N-methyl/N-ethyl adjacent to an activating group) is 1. The zero-order valence-electron chi connectivity index (χ0n) is 14.5. The molecule has 2 rings (SSSR count). The van der Waals surface area contributed by atoms with Crippen molar-refractivity contribution in [3.05, 3.63) is 41.5 Å². The lowest BCUT2D eigenvalue weighted by atomic mass is 10.1. The Kier molecular flexibility index (Phi) is 6.44. The summed E-state index contributed by atoms with van der Waals surface area (Å²) in [5.41, 5.74) is 0. The average molecular weight is 353 g/mol. The zero-order valence-corrected chi connectivity index (χ0v) is 14.5. The fourth-order valence-corrected chi connectivity index (χ4v) is 2.16. The topological polar surface area (TPSA) is 68.5 Å². The van der Waals surface area contributed by atoms with Crippen molar-refractivity contribution in [3.8, 4) is 5.75 Å². The minimum Gasteiger partial charge on any atom is -0.481 e. The standard InChI is InChI=1S/C17H21F2N3O3/c1-4-22(9-15-20-16(25-21-15)7-11(2)3)17(23)10-24-14-6-5-12(18)8-13(14)19/h5-6,8,11H,4,7,9-10H2,1-3H3. The van der Waals surface area contributed by atoms with Gasteiger partial charge in [-0.3, -0.25) is 4.79 Å². The van der Waals surface area contributed by atoms with Crippen molar-refractivity contribution in [1.29, 1.82) is 0 Å². The van der Waals surface area contributed by atoms with E-state index in [9.17, 15) is 13.6 Å². The van der Waals surface area contributed by atoms with Crippen molar-refractivity contribution < 1.29 is 22.8 Å². The predicted octanol–water partition coefficient (Wildman–Crippen LogP) is 2.97. The molecule has 0 unspecified atom stereocenters. The van der Waals surface area contributed by atoms with E-state index in [1.165, 1.54) is 4.90 Å². The van der Waals surface area contributed by atoms with Gasteiger partial charge in [-0.25, -0.2) is 8.78 Å². The Morgan fingerprint density at radius 1 is 1.36 bits per heavy atom. The maximum atomic E-state index is 13.5. The van der Waals surface area contributed by atoms with Crippen LogP contribution in [0.3, 0.4) is 0 Å². The van der Waals surface area contributed by atoms with E-state index in [0.717, 1.165) is 12.1 Å². The third-order valence-corrected chi connectivity index (χ3v) is 3.40. The molecule has 25 heavy (non-hydrogen) atoms. The molecule has 8 heteroatoms. The van der Waals surface area contributed by atoms with Crippen LogP contribution in [-0.2, 0) is 17.8 Å². The molecule has 0 aliphatic carbocycles. The Bertz CT molecular complexity index is 719. The Hall–Kier alpha value is -2.51. The number of benzene rings is 1. The van der Waals surface area contributed by atoms with Gasteiger partial charge >= 0.3 is 0 Å². The van der Waals surface area contributed by atoms with Crippen LogP contribution in [0.15, 0.2) is 22.7 Å². The van der Waals surface area contributed by atoms with Crippen LogP contribution < -0.4 is 4.74 Å². The molecule has 0 atom stereocenters. The Morgan fingerprint density at radius 2 is 2.12 bits per heavy atom. The minimum atomic E-state index is -0.854. The third-order valence-electron chi connectivity index (χ3n) is 3.40. The van der Waals surface area contributed by atoms with Crippen LogP contribution in [0, 0.1) is 17.6 Å². The summed E-state index contributed by atoms with van der Waals surface area (Å²) in [6.45, 7) is 6.09. The number of hydrogen-bond acceptors (Lipinski definition) is 5. The second kappa shape index (κ2) is 8.55. The van der Waals surface area contributed by atoms with Crippen LogP contribution in [0.4, 0.5) is 8.78 Å². The van der Waals surface area contributed by atoms with E-state index in [-0.39, 0.29) is 24.8 Å². The molecule has 0 radical (unpaired) electrons. The number of aromatic nitrogens is 2. The molecule has 0 fully saturated rings. The first-order valence-electron chi connectivity index (χ1n) is 8.06. The summed E-state index contributed by atoms with van der Waals surface area (Å²) in [6.07, 6.45) is 0.667. The number of ether oxygens (including phenoxy) is 1. The predicted molar refractivity (Wildman–Crippen MR) is 85.8 cm³/mol. The summed E-state index contributed by atoms with van der Waals surface area (Å²) in [5, 5.41) is 3.86. The molecule has 2 aromatic rings. The zero-order chi connectivity index (χ0) is 18.4. The smallest absolute Gasteiger partial charge is 0.260 e. The van der Waals surface area contributed by atoms with Crippen molar-refractivity contribution in [2.75, 3.05) is 13.2 Å². The molecule has 6 nitrogen and oxygen atoms in total. The van der Waals surface area contributed by atoms with Crippen molar-refractivity contribution in [3.63, 3.8) is 0 Å². The van der Waals surface area contributed by atoms with Crippen molar-refractivity contribution in [1.82, 2.24) is 15.0 Å². The Balaban J connectivity index is 1.92. The van der Waals surface area contributed by atoms with Gasteiger partial charge in [-0.15, -0.1) is 0 Å². The molecule has 1 aromatic heterocycles. The molecule has 1 heterocycles. The highest BCUT2D eigenvalue weighted by molar-refractivity contribution is 5.77. The lowest BCUT2D eigenvalue weighted by Crippen LogP contribution is -2.34. The van der Waals surface area contributed by atoms with Crippen LogP contribution in [0.5, 0.6) is 5.75 Å². The van der Waals surface area contributed by atoms with Gasteiger partial charge in [0.2, 0.25) is 5.89 Å². The van der Waals surface area contributed by atoms with Crippen LogP contribution in [0.25, 0.3) is 0 Å². The number of halogens is 2. The molecule has 0 saturated carbocycles. The summed E-state index contributed by atoms with van der Waals surface area (Å²) in [5.74, 6) is -0.785. The number of nitrogens with zero attached hydrogens (tertiary/aromatic N) is 3. The van der Waals surface area contributed by atoms with Gasteiger partial charge in [0, 0.05) is 19.0 Å². The van der Waals surface area contributed by atoms with Crippen molar-refractivity contribution in [2.45, 2.75) is 33.7 Å². The molecule has 1 aromatic carbocycles. The Labute approximate surface area is 144 Å². The van der Waals surface area contributed by atoms with Gasteiger partial charge in [0.25, 0.3) is 5.91 Å². The molecule has 0 spiro atoms. The maximum Gasteiger partial charge on any atom is 0.260 e. The van der Waals surface area contributed by atoms with Crippen LogP contribution in [0.2, 0.25) is 0 Å². The first-order chi connectivity index (χ1) is 11.9. The SMILES string of the molecule is CCN(Cc1noc(CC(C)C)n1)C(=O)COc1ccc(F)cc1F. The summed E-state index contributed by atoms with van der Waals surface area (Å²) >= 11 is 0. The van der Waals surface area contributed by atoms with Gasteiger partial charge in [-0.1, -0.05) is 19.0 Å². The molecule has 0 aliphatic rings. The van der Waals surface area contributed by atoms with Crippen LogP contribution in [-0.4, -0.2) is 34.1 Å². The molecule has 1 amide bonds. The van der Waals surface area contributed by atoms with Gasteiger partial charge in [-0.2, -0.15) is 4.98 Å². The van der Waals surface area contributed by atoms with Gasteiger partial charge in [-0.05, 0) is 25.0 Å². The Morgan fingerprint density at radius 3 is 2.76 bits per heavy atom. The van der Waals surface area contributed by atoms with E-state index >= 15 is 0 Å². The highest BCUT2D eigenvalue weighted by Gasteiger charge is 2.17. The molecular weight excluding hydrogens is 332 g/mol. The second-order valence-corrected chi connectivity index (χ2v) is 5.97. The summed E-state index contributed by atoms with van der Waals surface area (Å²) < 4.78 is 36.7. The largest absolute Gasteiger partial charge is 0.481 e. The molecule has 0 N–H and O–H groups in total. The van der Waals surface area contributed by atoms with E-state index in [4.69, 9.17) is 9.26 Å². The van der Waals surface area contributed by atoms with Gasteiger partial charge in [0.15, 0.2) is 24.0 Å². The van der Waals surface area contributed by atoms with Gasteiger partial charge in [0.05, 0.1) is 6.54 Å². The number of carbonyl (C=O) groups excluding carboxylic acids is 1. The summed E-state index contributed by atoms with van der Waals surface area (Å²) in [6, 6.07) is 2.91. The molecule has 0 saturated heterocycles. The van der Waals surface area contributed by atoms with E-state index in [2.05, 4.69) is 10.1 Å². The fraction of sp³-hybridized carbons (Fsp3) is 0.471. The van der Waals surface area contributed by atoms with Crippen LogP contribution in [0.1, 0.15) is 32.5 Å². The van der Waals surface area contributed by atoms with E-state index < -0.39 is 11.6 Å².